The Morgan fingerprint density at radius 1 is 1.22 bits per heavy atom. The van der Waals surface area contributed by atoms with Gasteiger partial charge in [0, 0.05) is 55.8 Å². The topological polar surface area (TPSA) is 59.3 Å². The van der Waals surface area contributed by atoms with E-state index in [1.54, 1.807) is 11.8 Å². The molecule has 0 radical (unpaired) electrons. The Hall–Kier alpha value is -1.24. The molecule has 1 aromatic rings. The minimum atomic E-state index is -0.0475. The average Bonchev–Trinajstić information content (AvgIpc) is 2.88. The molecule has 3 rings (SSSR count). The van der Waals surface area contributed by atoms with Gasteiger partial charge in [0.15, 0.2) is 0 Å². The molecule has 2 N–H and O–H groups in total. The van der Waals surface area contributed by atoms with Crippen molar-refractivity contribution in [3.63, 3.8) is 0 Å². The lowest BCUT2D eigenvalue weighted by molar-refractivity contribution is 0.189. The maximum atomic E-state index is 10.4. The minimum absolute atomic E-state index is 0.0475. The monoisotopic (exact) mass is 335 g/mol. The largest absolute Gasteiger partial charge is 0.507 e. The number of aliphatic hydroxyl groups excluding tert-OH is 1. The first kappa shape index (κ1) is 16.6. The Kier molecular flexibility index (Phi) is 4.85. The van der Waals surface area contributed by atoms with Gasteiger partial charge in [-0.05, 0) is 26.0 Å². The van der Waals surface area contributed by atoms with Gasteiger partial charge in [-0.15, -0.1) is 11.8 Å². The highest BCUT2D eigenvalue weighted by Crippen LogP contribution is 2.35. The number of aromatic hydroxyl groups is 1. The molecule has 0 saturated carbocycles. The summed E-state index contributed by atoms with van der Waals surface area (Å²) in [5.74, 6) is 1.26. The quantitative estimate of drug-likeness (QED) is 0.878. The number of aliphatic imine (C=N–C) groups is 1. The number of aliphatic hydroxyl groups is 1. The first-order chi connectivity index (χ1) is 11.0. The van der Waals surface area contributed by atoms with Crippen LogP contribution in [0.3, 0.4) is 0 Å². The SMILES string of the molecule is CC1(C)CSC(c2ccc(N3CCN(CCO)CC3)cc2O)=N1. The summed E-state index contributed by atoms with van der Waals surface area (Å²) >= 11 is 1.71. The number of anilines is 1. The van der Waals surface area contributed by atoms with Gasteiger partial charge in [0.05, 0.1) is 12.1 Å². The molecule has 2 aliphatic heterocycles. The number of rotatable bonds is 4. The number of piperazine rings is 1. The van der Waals surface area contributed by atoms with E-state index < -0.39 is 0 Å². The fourth-order valence-corrected chi connectivity index (χ4v) is 4.19. The second kappa shape index (κ2) is 6.71. The number of phenolic OH excluding ortho intramolecular Hbond substituents is 1. The van der Waals surface area contributed by atoms with E-state index in [1.807, 2.05) is 12.1 Å². The zero-order valence-corrected chi connectivity index (χ0v) is 14.6. The molecule has 2 aliphatic rings. The van der Waals surface area contributed by atoms with E-state index in [0.29, 0.717) is 5.75 Å². The lowest BCUT2D eigenvalue weighted by Crippen LogP contribution is -2.47. The number of β-amino-alcohol motifs (C(OH)–C–C–N with tert-alkyl or cyclic N) is 1. The van der Waals surface area contributed by atoms with Crippen molar-refractivity contribution in [3.8, 4) is 5.75 Å². The van der Waals surface area contributed by atoms with Crippen molar-refractivity contribution < 1.29 is 10.2 Å². The van der Waals surface area contributed by atoms with E-state index in [4.69, 9.17) is 10.1 Å². The average molecular weight is 335 g/mol. The molecule has 1 aromatic carbocycles. The fraction of sp³-hybridized carbons (Fsp3) is 0.588. The van der Waals surface area contributed by atoms with Gasteiger partial charge in [0.25, 0.3) is 0 Å². The number of hydrogen-bond acceptors (Lipinski definition) is 6. The highest BCUT2D eigenvalue weighted by Gasteiger charge is 2.27. The predicted molar refractivity (Wildman–Crippen MR) is 96.9 cm³/mol. The molecule has 6 heteroatoms. The highest BCUT2D eigenvalue weighted by atomic mass is 32.2. The molecule has 1 fully saturated rings. The molecule has 0 amide bonds. The smallest absolute Gasteiger partial charge is 0.127 e. The third-order valence-corrected chi connectivity index (χ3v) is 5.77. The number of hydrogen-bond donors (Lipinski definition) is 2. The summed E-state index contributed by atoms with van der Waals surface area (Å²) in [7, 11) is 0. The van der Waals surface area contributed by atoms with Crippen molar-refractivity contribution in [2.24, 2.45) is 4.99 Å². The van der Waals surface area contributed by atoms with Crippen LogP contribution < -0.4 is 4.90 Å². The van der Waals surface area contributed by atoms with Crippen molar-refractivity contribution in [2.45, 2.75) is 19.4 Å². The zero-order chi connectivity index (χ0) is 16.4. The molecule has 126 valence electrons. The van der Waals surface area contributed by atoms with Crippen LogP contribution in [0.1, 0.15) is 19.4 Å². The maximum Gasteiger partial charge on any atom is 0.127 e. The van der Waals surface area contributed by atoms with E-state index in [0.717, 1.165) is 54.8 Å². The number of benzene rings is 1. The van der Waals surface area contributed by atoms with E-state index in [9.17, 15) is 5.11 Å². The van der Waals surface area contributed by atoms with Crippen LogP contribution in [0.2, 0.25) is 0 Å². The van der Waals surface area contributed by atoms with Gasteiger partial charge in [0.1, 0.15) is 10.8 Å². The summed E-state index contributed by atoms with van der Waals surface area (Å²) in [5.41, 5.74) is 1.84. The van der Waals surface area contributed by atoms with Crippen LogP contribution in [-0.4, -0.2) is 70.8 Å². The van der Waals surface area contributed by atoms with Crippen LogP contribution in [0.25, 0.3) is 0 Å². The Labute approximate surface area is 142 Å². The van der Waals surface area contributed by atoms with Gasteiger partial charge in [-0.25, -0.2) is 0 Å². The highest BCUT2D eigenvalue weighted by molar-refractivity contribution is 8.14. The number of nitrogens with zero attached hydrogens (tertiary/aromatic N) is 3. The summed E-state index contributed by atoms with van der Waals surface area (Å²) in [5, 5.41) is 20.4. The van der Waals surface area contributed by atoms with Crippen molar-refractivity contribution in [2.75, 3.05) is 50.0 Å². The Bertz CT molecular complexity index is 596. The Morgan fingerprint density at radius 2 is 1.96 bits per heavy atom. The van der Waals surface area contributed by atoms with Crippen molar-refractivity contribution >= 4 is 22.5 Å². The third kappa shape index (κ3) is 3.82. The summed E-state index contributed by atoms with van der Waals surface area (Å²) in [4.78, 5) is 9.24. The fourth-order valence-electron chi connectivity index (χ4n) is 2.99. The van der Waals surface area contributed by atoms with Crippen molar-refractivity contribution in [1.82, 2.24) is 4.90 Å². The first-order valence-electron chi connectivity index (χ1n) is 8.13. The first-order valence-corrected chi connectivity index (χ1v) is 9.11. The Morgan fingerprint density at radius 3 is 2.52 bits per heavy atom. The van der Waals surface area contributed by atoms with Gasteiger partial charge in [0.2, 0.25) is 0 Å². The summed E-state index contributed by atoms with van der Waals surface area (Å²) in [6, 6.07) is 5.91. The number of phenols is 1. The normalized spacial score (nSPS) is 21.5. The summed E-state index contributed by atoms with van der Waals surface area (Å²) in [6.07, 6.45) is 0. The molecule has 23 heavy (non-hydrogen) atoms. The molecule has 5 nitrogen and oxygen atoms in total. The Balaban J connectivity index is 1.71. The second-order valence-corrected chi connectivity index (χ2v) is 7.74. The van der Waals surface area contributed by atoms with Crippen LogP contribution >= 0.6 is 11.8 Å². The summed E-state index contributed by atoms with van der Waals surface area (Å²) < 4.78 is 0. The molecule has 0 aromatic heterocycles. The van der Waals surface area contributed by atoms with Crippen LogP contribution in [0.15, 0.2) is 23.2 Å². The molecule has 0 unspecified atom stereocenters. The van der Waals surface area contributed by atoms with Gasteiger partial charge >= 0.3 is 0 Å². The minimum Gasteiger partial charge on any atom is -0.507 e. The third-order valence-electron chi connectivity index (χ3n) is 4.33. The molecule has 0 atom stereocenters. The lowest BCUT2D eigenvalue weighted by Gasteiger charge is -2.35. The standard InChI is InChI=1S/C17H25N3O2S/c1-17(2)12-23-16(18-17)14-4-3-13(11-15(14)22)20-7-5-19(6-8-20)9-10-21/h3-4,11,21-22H,5-10,12H2,1-2H3. The van der Waals surface area contributed by atoms with Crippen LogP contribution in [0.5, 0.6) is 5.75 Å². The number of thioether (sulfide) groups is 1. The molecule has 0 bridgehead atoms. The summed E-state index contributed by atoms with van der Waals surface area (Å²) in [6.45, 7) is 8.91. The molecule has 2 heterocycles. The van der Waals surface area contributed by atoms with Gasteiger partial charge in [-0.2, -0.15) is 0 Å². The van der Waals surface area contributed by atoms with Crippen molar-refractivity contribution in [1.29, 1.82) is 0 Å². The molecular weight excluding hydrogens is 310 g/mol. The second-order valence-electron chi connectivity index (χ2n) is 6.77. The van der Waals surface area contributed by atoms with E-state index in [2.05, 4.69) is 29.7 Å². The van der Waals surface area contributed by atoms with Gasteiger partial charge in [-0.1, -0.05) is 0 Å². The van der Waals surface area contributed by atoms with Crippen LogP contribution in [-0.2, 0) is 0 Å². The zero-order valence-electron chi connectivity index (χ0n) is 13.8. The lowest BCUT2D eigenvalue weighted by atomic mass is 10.1. The van der Waals surface area contributed by atoms with E-state index >= 15 is 0 Å². The molecular formula is C17H25N3O2S. The van der Waals surface area contributed by atoms with Crippen LogP contribution in [0, 0.1) is 0 Å². The van der Waals surface area contributed by atoms with Gasteiger partial charge < -0.3 is 15.1 Å². The molecule has 0 aliphatic carbocycles. The van der Waals surface area contributed by atoms with E-state index in [1.165, 1.54) is 0 Å². The molecule has 1 saturated heterocycles. The molecule has 0 spiro atoms. The van der Waals surface area contributed by atoms with E-state index in [-0.39, 0.29) is 12.1 Å². The van der Waals surface area contributed by atoms with Crippen molar-refractivity contribution in [3.05, 3.63) is 23.8 Å². The van der Waals surface area contributed by atoms with Gasteiger partial charge in [-0.3, -0.25) is 9.89 Å². The predicted octanol–water partition coefficient (Wildman–Crippen LogP) is 1.78. The van der Waals surface area contributed by atoms with Crippen LogP contribution in [0.4, 0.5) is 5.69 Å². The maximum absolute atomic E-state index is 10.4.